The third-order valence-corrected chi connectivity index (χ3v) is 6.38. The number of fused-ring (bicyclic) bond motifs is 2. The van der Waals surface area contributed by atoms with E-state index in [-0.39, 0.29) is 18.5 Å². The maximum atomic E-state index is 13.4. The van der Waals surface area contributed by atoms with Gasteiger partial charge in [0.15, 0.2) is 11.5 Å². The second kappa shape index (κ2) is 9.42. The van der Waals surface area contributed by atoms with Gasteiger partial charge < -0.3 is 19.8 Å². The minimum absolute atomic E-state index is 0.161. The second-order valence-corrected chi connectivity index (χ2v) is 8.57. The third-order valence-electron chi connectivity index (χ3n) is 5.26. The van der Waals surface area contributed by atoms with Gasteiger partial charge in [-0.25, -0.2) is 4.39 Å². The quantitative estimate of drug-likeness (QED) is 0.213. The summed E-state index contributed by atoms with van der Waals surface area (Å²) < 4.78 is 24.0. The van der Waals surface area contributed by atoms with E-state index < -0.39 is 0 Å². The molecular formula is C26H21FN2O3S. The van der Waals surface area contributed by atoms with Gasteiger partial charge in [0.05, 0.1) is 5.69 Å². The van der Waals surface area contributed by atoms with Crippen molar-refractivity contribution in [2.24, 2.45) is 0 Å². The molecule has 0 saturated heterocycles. The molecule has 0 spiro atoms. The van der Waals surface area contributed by atoms with E-state index in [2.05, 4.69) is 16.4 Å². The summed E-state index contributed by atoms with van der Waals surface area (Å²) >= 11 is 1.66. The molecule has 0 bridgehead atoms. The van der Waals surface area contributed by atoms with E-state index in [1.165, 1.54) is 18.2 Å². The second-order valence-electron chi connectivity index (χ2n) is 7.47. The predicted molar refractivity (Wildman–Crippen MR) is 129 cm³/mol. The Bertz CT molecular complexity index is 1330. The summed E-state index contributed by atoms with van der Waals surface area (Å²) in [6.07, 6.45) is 3.26. The van der Waals surface area contributed by atoms with E-state index in [1.54, 1.807) is 30.0 Å². The maximum Gasteiger partial charge on any atom is 0.244 e. The molecule has 0 aliphatic carbocycles. The molecule has 0 radical (unpaired) electrons. The SMILES string of the molecule is O=C(C=Cc1ccc2c(c1)OCO2)NCCSc1c(-c2ccc(F)cc2)[nH]c2ccccc12. The van der Waals surface area contributed by atoms with Crippen LogP contribution < -0.4 is 14.8 Å². The zero-order chi connectivity index (χ0) is 22.6. The first-order valence-electron chi connectivity index (χ1n) is 10.5. The number of benzene rings is 3. The summed E-state index contributed by atoms with van der Waals surface area (Å²) in [6, 6.07) is 20.1. The Morgan fingerprint density at radius 2 is 1.88 bits per heavy atom. The lowest BCUT2D eigenvalue weighted by molar-refractivity contribution is -0.116. The van der Waals surface area contributed by atoms with Crippen molar-refractivity contribution in [3.63, 3.8) is 0 Å². The van der Waals surface area contributed by atoms with Gasteiger partial charge in [0.2, 0.25) is 12.7 Å². The summed E-state index contributed by atoms with van der Waals surface area (Å²) in [5.74, 6) is 1.67. The first-order valence-corrected chi connectivity index (χ1v) is 11.5. The molecule has 4 aromatic rings. The number of para-hydroxylation sites is 1. The number of hydrogen-bond donors (Lipinski definition) is 2. The van der Waals surface area contributed by atoms with Crippen LogP contribution in [0, 0.1) is 5.82 Å². The van der Waals surface area contributed by atoms with Crippen molar-refractivity contribution >= 4 is 34.6 Å². The summed E-state index contributed by atoms with van der Waals surface area (Å²) in [6.45, 7) is 0.733. The third kappa shape index (κ3) is 4.73. The molecule has 1 aromatic heterocycles. The van der Waals surface area contributed by atoms with Gasteiger partial charge in [-0.2, -0.15) is 0 Å². The Morgan fingerprint density at radius 3 is 2.76 bits per heavy atom. The molecule has 1 aliphatic heterocycles. The average Bonchev–Trinajstić information content (AvgIpc) is 3.45. The van der Waals surface area contributed by atoms with Gasteiger partial charge in [0.25, 0.3) is 0 Å². The summed E-state index contributed by atoms with van der Waals surface area (Å²) in [4.78, 5) is 16.8. The number of aromatic amines is 1. The van der Waals surface area contributed by atoms with Gasteiger partial charge in [0, 0.05) is 34.2 Å². The van der Waals surface area contributed by atoms with E-state index in [0.717, 1.165) is 32.6 Å². The monoisotopic (exact) mass is 460 g/mol. The van der Waals surface area contributed by atoms with E-state index in [1.807, 2.05) is 36.4 Å². The van der Waals surface area contributed by atoms with Crippen LogP contribution in [0.5, 0.6) is 11.5 Å². The molecule has 2 heterocycles. The van der Waals surface area contributed by atoms with Crippen molar-refractivity contribution < 1.29 is 18.7 Å². The van der Waals surface area contributed by atoms with Gasteiger partial charge in [-0.1, -0.05) is 24.3 Å². The molecule has 5 rings (SSSR count). The number of rotatable bonds is 7. The van der Waals surface area contributed by atoms with E-state index in [4.69, 9.17) is 9.47 Å². The highest BCUT2D eigenvalue weighted by molar-refractivity contribution is 7.99. The molecule has 5 nitrogen and oxygen atoms in total. The van der Waals surface area contributed by atoms with Crippen molar-refractivity contribution in [1.29, 1.82) is 0 Å². The van der Waals surface area contributed by atoms with Crippen LogP contribution in [-0.4, -0.2) is 30.0 Å². The molecule has 3 aromatic carbocycles. The van der Waals surface area contributed by atoms with Crippen molar-refractivity contribution in [3.05, 3.63) is 84.2 Å². The van der Waals surface area contributed by atoms with Gasteiger partial charge in [-0.15, -0.1) is 11.8 Å². The lowest BCUT2D eigenvalue weighted by Gasteiger charge is -2.06. The highest BCUT2D eigenvalue weighted by atomic mass is 32.2. The van der Waals surface area contributed by atoms with Crippen LogP contribution in [-0.2, 0) is 4.79 Å². The number of H-pyrrole nitrogens is 1. The van der Waals surface area contributed by atoms with Crippen LogP contribution in [0.2, 0.25) is 0 Å². The first-order chi connectivity index (χ1) is 16.2. The molecule has 1 aliphatic rings. The van der Waals surface area contributed by atoms with Gasteiger partial charge >= 0.3 is 0 Å². The highest BCUT2D eigenvalue weighted by Gasteiger charge is 2.14. The fraction of sp³-hybridized carbons (Fsp3) is 0.115. The van der Waals surface area contributed by atoms with Crippen molar-refractivity contribution in [1.82, 2.24) is 10.3 Å². The van der Waals surface area contributed by atoms with Crippen molar-refractivity contribution in [3.8, 4) is 22.8 Å². The minimum atomic E-state index is -0.263. The average molecular weight is 461 g/mol. The lowest BCUT2D eigenvalue weighted by atomic mass is 10.1. The summed E-state index contributed by atoms with van der Waals surface area (Å²) in [5, 5.41) is 4.03. The Hall–Kier alpha value is -3.71. The largest absolute Gasteiger partial charge is 0.454 e. The number of thioether (sulfide) groups is 1. The van der Waals surface area contributed by atoms with E-state index >= 15 is 0 Å². The Labute approximate surface area is 194 Å². The summed E-state index contributed by atoms with van der Waals surface area (Å²) in [7, 11) is 0. The number of aromatic nitrogens is 1. The van der Waals surface area contributed by atoms with Gasteiger partial charge in [-0.3, -0.25) is 4.79 Å². The Morgan fingerprint density at radius 1 is 1.06 bits per heavy atom. The topological polar surface area (TPSA) is 63.4 Å². The number of carbonyl (C=O) groups is 1. The molecule has 0 atom stereocenters. The Kier molecular flexibility index (Phi) is 6.04. The summed E-state index contributed by atoms with van der Waals surface area (Å²) in [5.41, 5.74) is 3.77. The molecule has 0 fully saturated rings. The number of carbonyl (C=O) groups excluding carboxylic acids is 1. The standard InChI is InChI=1S/C26H21FN2O3S/c27-19-9-7-18(8-10-19)25-26(20-3-1-2-4-21(20)29-25)33-14-13-28-24(30)12-6-17-5-11-22-23(15-17)32-16-31-22/h1-12,15,29H,13-14,16H2,(H,28,30). The van der Waals surface area contributed by atoms with Crippen LogP contribution in [0.4, 0.5) is 4.39 Å². The van der Waals surface area contributed by atoms with Gasteiger partial charge in [0.1, 0.15) is 5.82 Å². The maximum absolute atomic E-state index is 13.4. The predicted octanol–water partition coefficient (Wildman–Crippen LogP) is 5.62. The number of ether oxygens (including phenoxy) is 2. The molecule has 0 unspecified atom stereocenters. The number of nitrogens with one attached hydrogen (secondary N) is 2. The van der Waals surface area contributed by atoms with Crippen LogP contribution in [0.15, 0.2) is 77.7 Å². The lowest BCUT2D eigenvalue weighted by Crippen LogP contribution is -2.23. The molecular weight excluding hydrogens is 439 g/mol. The fourth-order valence-corrected chi connectivity index (χ4v) is 4.72. The molecule has 33 heavy (non-hydrogen) atoms. The zero-order valence-corrected chi connectivity index (χ0v) is 18.5. The van der Waals surface area contributed by atoms with Crippen LogP contribution >= 0.6 is 11.8 Å². The minimum Gasteiger partial charge on any atom is -0.454 e. The van der Waals surface area contributed by atoms with Crippen LogP contribution in [0.3, 0.4) is 0 Å². The number of amides is 1. The van der Waals surface area contributed by atoms with Crippen LogP contribution in [0.1, 0.15) is 5.56 Å². The molecule has 7 heteroatoms. The zero-order valence-electron chi connectivity index (χ0n) is 17.6. The number of hydrogen-bond acceptors (Lipinski definition) is 4. The van der Waals surface area contributed by atoms with Gasteiger partial charge in [-0.05, 0) is 59.7 Å². The molecule has 166 valence electrons. The fourth-order valence-electron chi connectivity index (χ4n) is 3.66. The molecule has 2 N–H and O–H groups in total. The van der Waals surface area contributed by atoms with E-state index in [9.17, 15) is 9.18 Å². The smallest absolute Gasteiger partial charge is 0.244 e. The molecule has 0 saturated carbocycles. The normalized spacial score (nSPS) is 12.5. The Balaban J connectivity index is 1.22. The van der Waals surface area contributed by atoms with Crippen molar-refractivity contribution in [2.75, 3.05) is 19.1 Å². The highest BCUT2D eigenvalue weighted by Crippen LogP contribution is 2.37. The first kappa shape index (κ1) is 21.2. The molecule has 1 amide bonds. The van der Waals surface area contributed by atoms with E-state index in [0.29, 0.717) is 23.8 Å². The number of halogens is 1. The van der Waals surface area contributed by atoms with Crippen molar-refractivity contribution in [2.45, 2.75) is 4.90 Å². The van der Waals surface area contributed by atoms with Crippen LogP contribution in [0.25, 0.3) is 28.2 Å².